The summed E-state index contributed by atoms with van der Waals surface area (Å²) in [7, 11) is 0. The number of hydrogen-bond acceptors (Lipinski definition) is 5. The van der Waals surface area contributed by atoms with E-state index >= 15 is 0 Å². The zero-order valence-electron chi connectivity index (χ0n) is 16.4. The van der Waals surface area contributed by atoms with E-state index in [1.807, 2.05) is 41.3 Å². The molecule has 2 aromatic heterocycles. The molecule has 0 aliphatic rings. The fourth-order valence-corrected chi connectivity index (χ4v) is 4.54. The summed E-state index contributed by atoms with van der Waals surface area (Å²) in [4.78, 5) is 22.9. The van der Waals surface area contributed by atoms with Gasteiger partial charge in [0.2, 0.25) is 5.91 Å². The van der Waals surface area contributed by atoms with E-state index in [0.29, 0.717) is 5.13 Å². The second kappa shape index (κ2) is 8.80. The van der Waals surface area contributed by atoms with Gasteiger partial charge in [0.05, 0.1) is 16.8 Å². The first-order chi connectivity index (χ1) is 14.1. The maximum absolute atomic E-state index is 12.7. The number of thiazole rings is 1. The summed E-state index contributed by atoms with van der Waals surface area (Å²) >= 11 is 3.21. The normalized spacial score (nSPS) is 11.1. The molecule has 4 aromatic rings. The Balaban J connectivity index is 1.45. The average Bonchev–Trinajstić information content (AvgIpc) is 3.28. The molecule has 1 N–H and O–H groups in total. The Labute approximate surface area is 178 Å². The van der Waals surface area contributed by atoms with E-state index in [1.165, 1.54) is 22.5 Å². The van der Waals surface area contributed by atoms with Gasteiger partial charge in [-0.25, -0.2) is 9.97 Å². The molecule has 0 bridgehead atoms. The number of para-hydroxylation sites is 2. The van der Waals surface area contributed by atoms with Gasteiger partial charge in [0.1, 0.15) is 12.4 Å². The number of aromatic nitrogens is 3. The van der Waals surface area contributed by atoms with Crippen LogP contribution in [0.5, 0.6) is 0 Å². The van der Waals surface area contributed by atoms with E-state index in [1.54, 1.807) is 11.8 Å². The topological polar surface area (TPSA) is 59.8 Å². The molecular weight excluding hydrogens is 400 g/mol. The number of amides is 1. The van der Waals surface area contributed by atoms with Crippen LogP contribution in [0.15, 0.2) is 54.7 Å². The Morgan fingerprint density at radius 3 is 2.76 bits per heavy atom. The molecule has 2 heterocycles. The van der Waals surface area contributed by atoms with Crippen molar-refractivity contribution in [2.24, 2.45) is 0 Å². The van der Waals surface area contributed by atoms with Gasteiger partial charge < -0.3 is 9.88 Å². The summed E-state index contributed by atoms with van der Waals surface area (Å²) in [5.74, 6) is 1.58. The minimum Gasteiger partial charge on any atom is -0.318 e. The lowest BCUT2D eigenvalue weighted by atomic mass is 10.1. The first kappa shape index (κ1) is 19.7. The summed E-state index contributed by atoms with van der Waals surface area (Å²) in [6.45, 7) is 2.31. The number of benzene rings is 2. The number of fused-ring (bicyclic) bond motifs is 1. The van der Waals surface area contributed by atoms with Crippen LogP contribution in [0.25, 0.3) is 11.0 Å². The van der Waals surface area contributed by atoms with Crippen molar-refractivity contribution < 1.29 is 4.79 Å². The fourth-order valence-electron chi connectivity index (χ4n) is 3.20. The third-order valence-corrected chi connectivity index (χ3v) is 6.07. The lowest BCUT2D eigenvalue weighted by Crippen LogP contribution is -2.19. The van der Waals surface area contributed by atoms with Crippen LogP contribution >= 0.6 is 23.1 Å². The molecule has 0 unspecified atom stereocenters. The third kappa shape index (κ3) is 4.68. The van der Waals surface area contributed by atoms with E-state index in [9.17, 15) is 4.79 Å². The van der Waals surface area contributed by atoms with Gasteiger partial charge in [-0.2, -0.15) is 11.8 Å². The quantitative estimate of drug-likeness (QED) is 0.460. The number of carbonyl (C=O) groups is 1. The van der Waals surface area contributed by atoms with Gasteiger partial charge in [-0.15, -0.1) is 11.3 Å². The zero-order valence-corrected chi connectivity index (χ0v) is 18.0. The second-order valence-electron chi connectivity index (χ2n) is 6.88. The smallest absolute Gasteiger partial charge is 0.246 e. The Bertz CT molecular complexity index is 1130. The molecule has 5 nitrogen and oxygen atoms in total. The van der Waals surface area contributed by atoms with Crippen molar-refractivity contribution in [3.8, 4) is 0 Å². The Hall–Kier alpha value is -2.64. The lowest BCUT2D eigenvalue weighted by Gasteiger charge is -2.08. The van der Waals surface area contributed by atoms with E-state index < -0.39 is 0 Å². The summed E-state index contributed by atoms with van der Waals surface area (Å²) in [6, 6.07) is 16.4. The first-order valence-corrected chi connectivity index (χ1v) is 11.6. The molecule has 29 heavy (non-hydrogen) atoms. The molecule has 0 aliphatic heterocycles. The highest BCUT2D eigenvalue weighted by Crippen LogP contribution is 2.23. The summed E-state index contributed by atoms with van der Waals surface area (Å²) in [5, 5.41) is 3.57. The molecule has 148 valence electrons. The van der Waals surface area contributed by atoms with Gasteiger partial charge in [-0.3, -0.25) is 4.79 Å². The predicted molar refractivity (Wildman–Crippen MR) is 122 cm³/mol. The number of nitrogens with one attached hydrogen (secondary N) is 1. The SMILES string of the molecule is CSCc1nc2ccccc2n1CC(=O)Nc1ncc(Cc2ccc(C)cc2)s1. The molecule has 0 saturated heterocycles. The second-order valence-corrected chi connectivity index (χ2v) is 8.86. The van der Waals surface area contributed by atoms with Gasteiger partial charge in [-0.1, -0.05) is 42.0 Å². The van der Waals surface area contributed by atoms with E-state index in [0.717, 1.165) is 33.9 Å². The largest absolute Gasteiger partial charge is 0.318 e. The van der Waals surface area contributed by atoms with Crippen LogP contribution in [0.2, 0.25) is 0 Å². The summed E-state index contributed by atoms with van der Waals surface area (Å²) in [6.07, 6.45) is 4.69. The Morgan fingerprint density at radius 1 is 1.17 bits per heavy atom. The molecule has 0 radical (unpaired) electrons. The van der Waals surface area contributed by atoms with Gasteiger partial charge in [0.15, 0.2) is 5.13 Å². The highest BCUT2D eigenvalue weighted by molar-refractivity contribution is 7.97. The van der Waals surface area contributed by atoms with Crippen molar-refractivity contribution in [1.29, 1.82) is 0 Å². The van der Waals surface area contributed by atoms with Crippen molar-refractivity contribution in [3.05, 3.63) is 76.6 Å². The number of thioether (sulfide) groups is 1. The Kier molecular flexibility index (Phi) is 5.97. The minimum atomic E-state index is -0.0910. The molecule has 0 spiro atoms. The van der Waals surface area contributed by atoms with Crippen LogP contribution in [-0.4, -0.2) is 26.7 Å². The monoisotopic (exact) mass is 422 g/mol. The maximum atomic E-state index is 12.7. The van der Waals surface area contributed by atoms with Crippen LogP contribution < -0.4 is 5.32 Å². The number of carbonyl (C=O) groups excluding carboxylic acids is 1. The number of anilines is 1. The third-order valence-electron chi connectivity index (χ3n) is 4.61. The van der Waals surface area contributed by atoms with Crippen molar-refractivity contribution >= 4 is 45.2 Å². The van der Waals surface area contributed by atoms with E-state index in [4.69, 9.17) is 0 Å². The van der Waals surface area contributed by atoms with Gasteiger partial charge >= 0.3 is 0 Å². The van der Waals surface area contributed by atoms with Gasteiger partial charge in [-0.05, 0) is 30.9 Å². The standard InChI is InChI=1S/C22H22N4OS2/c1-15-7-9-16(10-8-15)11-17-12-23-22(29-17)25-21(27)13-26-19-6-4-3-5-18(19)24-20(26)14-28-2/h3-10,12H,11,13-14H2,1-2H3,(H,23,25,27). The molecule has 0 atom stereocenters. The Morgan fingerprint density at radius 2 is 1.97 bits per heavy atom. The summed E-state index contributed by atoms with van der Waals surface area (Å²) < 4.78 is 1.99. The number of imidazole rings is 1. The number of nitrogens with zero attached hydrogens (tertiary/aromatic N) is 3. The van der Waals surface area contributed by atoms with Crippen molar-refractivity contribution in [2.75, 3.05) is 11.6 Å². The van der Waals surface area contributed by atoms with E-state index in [2.05, 4.69) is 46.5 Å². The predicted octanol–water partition coefficient (Wildman–Crippen LogP) is 4.89. The first-order valence-electron chi connectivity index (χ1n) is 9.35. The molecule has 0 saturated carbocycles. The van der Waals surface area contributed by atoms with Crippen LogP contribution in [0, 0.1) is 6.92 Å². The molecule has 0 aliphatic carbocycles. The molecule has 0 fully saturated rings. The fraction of sp³-hybridized carbons (Fsp3) is 0.227. The van der Waals surface area contributed by atoms with E-state index in [-0.39, 0.29) is 12.5 Å². The number of aryl methyl sites for hydroxylation is 1. The van der Waals surface area contributed by atoms with Crippen molar-refractivity contribution in [2.45, 2.75) is 25.6 Å². The molecule has 7 heteroatoms. The van der Waals surface area contributed by atoms with Crippen LogP contribution in [0.4, 0.5) is 5.13 Å². The van der Waals surface area contributed by atoms with Crippen molar-refractivity contribution in [1.82, 2.24) is 14.5 Å². The van der Waals surface area contributed by atoms with Crippen LogP contribution in [-0.2, 0) is 23.5 Å². The highest BCUT2D eigenvalue weighted by atomic mass is 32.2. The molecule has 1 amide bonds. The number of hydrogen-bond donors (Lipinski definition) is 1. The lowest BCUT2D eigenvalue weighted by molar-refractivity contribution is -0.116. The highest BCUT2D eigenvalue weighted by Gasteiger charge is 2.14. The van der Waals surface area contributed by atoms with Crippen LogP contribution in [0.3, 0.4) is 0 Å². The average molecular weight is 423 g/mol. The molecule has 4 rings (SSSR count). The van der Waals surface area contributed by atoms with Crippen LogP contribution in [0.1, 0.15) is 21.8 Å². The van der Waals surface area contributed by atoms with Gasteiger partial charge in [0.25, 0.3) is 0 Å². The molecular formula is C22H22N4OS2. The van der Waals surface area contributed by atoms with Gasteiger partial charge in [0, 0.05) is 17.5 Å². The maximum Gasteiger partial charge on any atom is 0.246 e. The zero-order chi connectivity index (χ0) is 20.2. The van der Waals surface area contributed by atoms with Crippen molar-refractivity contribution in [3.63, 3.8) is 0 Å². The number of rotatable bonds is 7. The molecule has 2 aromatic carbocycles. The summed E-state index contributed by atoms with van der Waals surface area (Å²) in [5.41, 5.74) is 4.38. The minimum absolute atomic E-state index is 0.0910.